The fourth-order valence-corrected chi connectivity index (χ4v) is 2.55. The molecule has 0 saturated heterocycles. The molecule has 2 N–H and O–H groups in total. The minimum atomic E-state index is 0.469. The standard InChI is InChI=1S/C13H15ClN4O2/c1-2-10-13(15)16-17-18(10)7-8-5-9(14)12-11(6-8)19-3-4-20-12/h5-6H,2-4,7,15H2,1H3. The molecule has 2 aromatic rings. The van der Waals surface area contributed by atoms with Gasteiger partial charge in [0, 0.05) is 0 Å². The van der Waals surface area contributed by atoms with E-state index in [0.29, 0.717) is 42.1 Å². The largest absolute Gasteiger partial charge is 0.486 e. The molecular formula is C13H15ClN4O2. The minimum absolute atomic E-state index is 0.469. The Labute approximate surface area is 121 Å². The molecule has 0 unspecified atom stereocenters. The first kappa shape index (κ1) is 13.1. The van der Waals surface area contributed by atoms with Crippen molar-refractivity contribution in [2.45, 2.75) is 19.9 Å². The van der Waals surface area contributed by atoms with Gasteiger partial charge < -0.3 is 15.2 Å². The fourth-order valence-electron chi connectivity index (χ4n) is 2.27. The Morgan fingerprint density at radius 2 is 2.15 bits per heavy atom. The van der Waals surface area contributed by atoms with E-state index < -0.39 is 0 Å². The van der Waals surface area contributed by atoms with Crippen LogP contribution in [0.1, 0.15) is 18.2 Å². The van der Waals surface area contributed by atoms with Crippen LogP contribution >= 0.6 is 11.6 Å². The summed E-state index contributed by atoms with van der Waals surface area (Å²) >= 11 is 6.22. The summed E-state index contributed by atoms with van der Waals surface area (Å²) < 4.78 is 12.8. The summed E-state index contributed by atoms with van der Waals surface area (Å²) in [5.41, 5.74) is 7.67. The van der Waals surface area contributed by atoms with E-state index in [1.807, 2.05) is 19.1 Å². The molecule has 1 aromatic heterocycles. The number of benzene rings is 1. The zero-order valence-corrected chi connectivity index (χ0v) is 11.9. The van der Waals surface area contributed by atoms with Crippen molar-refractivity contribution in [3.63, 3.8) is 0 Å². The third-order valence-electron chi connectivity index (χ3n) is 3.19. The monoisotopic (exact) mass is 294 g/mol. The lowest BCUT2D eigenvalue weighted by atomic mass is 10.2. The number of ether oxygens (including phenoxy) is 2. The first-order chi connectivity index (χ1) is 9.69. The number of nitrogens with zero attached hydrogens (tertiary/aromatic N) is 3. The van der Waals surface area contributed by atoms with Crippen molar-refractivity contribution < 1.29 is 9.47 Å². The summed E-state index contributed by atoms with van der Waals surface area (Å²) in [5, 5.41) is 8.49. The van der Waals surface area contributed by atoms with Crippen LogP contribution in [-0.4, -0.2) is 28.2 Å². The highest BCUT2D eigenvalue weighted by Gasteiger charge is 2.17. The molecule has 20 heavy (non-hydrogen) atoms. The maximum atomic E-state index is 6.22. The number of nitrogens with two attached hydrogens (primary N) is 1. The lowest BCUT2D eigenvalue weighted by Gasteiger charge is -2.20. The number of nitrogen functional groups attached to an aromatic ring is 1. The fraction of sp³-hybridized carbons (Fsp3) is 0.385. The van der Waals surface area contributed by atoms with Gasteiger partial charge in [0.15, 0.2) is 17.3 Å². The van der Waals surface area contributed by atoms with E-state index >= 15 is 0 Å². The quantitative estimate of drug-likeness (QED) is 0.935. The zero-order valence-electron chi connectivity index (χ0n) is 11.1. The Hall–Kier alpha value is -1.95. The predicted molar refractivity (Wildman–Crippen MR) is 75.4 cm³/mol. The Morgan fingerprint density at radius 1 is 1.35 bits per heavy atom. The number of anilines is 1. The molecule has 106 valence electrons. The molecule has 0 amide bonds. The Morgan fingerprint density at radius 3 is 2.95 bits per heavy atom. The van der Waals surface area contributed by atoms with Crippen LogP contribution in [-0.2, 0) is 13.0 Å². The number of hydrogen-bond acceptors (Lipinski definition) is 5. The molecule has 6 nitrogen and oxygen atoms in total. The molecule has 7 heteroatoms. The van der Waals surface area contributed by atoms with Gasteiger partial charge in [0.1, 0.15) is 13.2 Å². The number of halogens is 1. The molecule has 2 heterocycles. The van der Waals surface area contributed by atoms with Crippen molar-refractivity contribution in [3.05, 3.63) is 28.4 Å². The van der Waals surface area contributed by atoms with Gasteiger partial charge >= 0.3 is 0 Å². The van der Waals surface area contributed by atoms with E-state index in [4.69, 9.17) is 26.8 Å². The molecule has 0 fully saturated rings. The van der Waals surface area contributed by atoms with Crippen LogP contribution in [0.25, 0.3) is 0 Å². The van der Waals surface area contributed by atoms with Gasteiger partial charge in [-0.2, -0.15) is 0 Å². The van der Waals surface area contributed by atoms with Crippen LogP contribution in [0.5, 0.6) is 11.5 Å². The summed E-state index contributed by atoms with van der Waals surface area (Å²) in [6.45, 7) is 3.61. The van der Waals surface area contributed by atoms with Crippen LogP contribution in [0.15, 0.2) is 12.1 Å². The van der Waals surface area contributed by atoms with Crippen molar-refractivity contribution in [1.29, 1.82) is 0 Å². The third kappa shape index (κ3) is 2.27. The second-order valence-electron chi connectivity index (χ2n) is 4.53. The smallest absolute Gasteiger partial charge is 0.179 e. The van der Waals surface area contributed by atoms with E-state index in [1.54, 1.807) is 4.68 Å². The van der Waals surface area contributed by atoms with Gasteiger partial charge in [-0.15, -0.1) is 5.10 Å². The molecule has 3 rings (SSSR count). The van der Waals surface area contributed by atoms with Gasteiger partial charge in [0.2, 0.25) is 0 Å². The number of fused-ring (bicyclic) bond motifs is 1. The molecule has 0 radical (unpaired) electrons. The maximum Gasteiger partial charge on any atom is 0.179 e. The minimum Gasteiger partial charge on any atom is -0.486 e. The van der Waals surface area contributed by atoms with Crippen molar-refractivity contribution >= 4 is 17.4 Å². The molecule has 0 aliphatic carbocycles. The molecule has 0 spiro atoms. The number of hydrogen-bond donors (Lipinski definition) is 1. The molecule has 0 saturated carbocycles. The second-order valence-corrected chi connectivity index (χ2v) is 4.94. The topological polar surface area (TPSA) is 75.2 Å². The van der Waals surface area contributed by atoms with Crippen LogP contribution < -0.4 is 15.2 Å². The highest BCUT2D eigenvalue weighted by molar-refractivity contribution is 6.32. The average molecular weight is 295 g/mol. The van der Waals surface area contributed by atoms with Crippen LogP contribution in [0.4, 0.5) is 5.82 Å². The molecule has 0 bridgehead atoms. The van der Waals surface area contributed by atoms with Crippen molar-refractivity contribution in [3.8, 4) is 11.5 Å². The predicted octanol–water partition coefficient (Wildman–Crippen LogP) is 1.90. The number of rotatable bonds is 3. The summed E-state index contributed by atoms with van der Waals surface area (Å²) in [6.07, 6.45) is 0.775. The van der Waals surface area contributed by atoms with Gasteiger partial charge in [0.05, 0.1) is 17.3 Å². The highest BCUT2D eigenvalue weighted by Crippen LogP contribution is 2.38. The first-order valence-electron chi connectivity index (χ1n) is 6.45. The van der Waals surface area contributed by atoms with Crippen LogP contribution in [0.2, 0.25) is 5.02 Å². The van der Waals surface area contributed by atoms with Gasteiger partial charge in [0.25, 0.3) is 0 Å². The van der Waals surface area contributed by atoms with E-state index in [9.17, 15) is 0 Å². The van der Waals surface area contributed by atoms with Crippen molar-refractivity contribution in [1.82, 2.24) is 15.0 Å². The summed E-state index contributed by atoms with van der Waals surface area (Å²) in [4.78, 5) is 0. The van der Waals surface area contributed by atoms with Crippen molar-refractivity contribution in [2.75, 3.05) is 18.9 Å². The summed E-state index contributed by atoms with van der Waals surface area (Å²) in [5.74, 6) is 1.75. The summed E-state index contributed by atoms with van der Waals surface area (Å²) in [6, 6.07) is 3.77. The molecule has 0 atom stereocenters. The van der Waals surface area contributed by atoms with E-state index in [0.717, 1.165) is 17.7 Å². The second kappa shape index (κ2) is 5.20. The number of aromatic nitrogens is 3. The average Bonchev–Trinajstić information content (AvgIpc) is 2.79. The third-order valence-corrected chi connectivity index (χ3v) is 3.47. The van der Waals surface area contributed by atoms with Gasteiger partial charge in [-0.25, -0.2) is 4.68 Å². The van der Waals surface area contributed by atoms with E-state index in [2.05, 4.69) is 10.3 Å². The molecular weight excluding hydrogens is 280 g/mol. The normalized spacial score (nSPS) is 13.5. The Kier molecular flexibility index (Phi) is 3.40. The lowest BCUT2D eigenvalue weighted by Crippen LogP contribution is -2.16. The van der Waals surface area contributed by atoms with Gasteiger partial charge in [-0.3, -0.25) is 0 Å². The molecule has 1 aliphatic heterocycles. The van der Waals surface area contributed by atoms with Crippen LogP contribution in [0, 0.1) is 0 Å². The lowest BCUT2D eigenvalue weighted by molar-refractivity contribution is 0.171. The van der Waals surface area contributed by atoms with E-state index in [-0.39, 0.29) is 0 Å². The van der Waals surface area contributed by atoms with Crippen LogP contribution in [0.3, 0.4) is 0 Å². The maximum absolute atomic E-state index is 6.22. The summed E-state index contributed by atoms with van der Waals surface area (Å²) in [7, 11) is 0. The SMILES string of the molecule is CCc1c(N)nnn1Cc1cc(Cl)c2c(c1)OCCO2. The molecule has 1 aromatic carbocycles. The first-order valence-corrected chi connectivity index (χ1v) is 6.82. The van der Waals surface area contributed by atoms with Crippen molar-refractivity contribution in [2.24, 2.45) is 0 Å². The van der Waals surface area contributed by atoms with E-state index in [1.165, 1.54) is 0 Å². The van der Waals surface area contributed by atoms with Gasteiger partial charge in [-0.05, 0) is 24.1 Å². The molecule has 1 aliphatic rings. The highest BCUT2D eigenvalue weighted by atomic mass is 35.5. The zero-order chi connectivity index (χ0) is 14.1. The Bertz CT molecular complexity index is 642. The Balaban J connectivity index is 1.93. The van der Waals surface area contributed by atoms with Gasteiger partial charge in [-0.1, -0.05) is 23.7 Å².